The molecular weight excluding hydrogens is 382 g/mol. The van der Waals surface area contributed by atoms with Gasteiger partial charge in [-0.1, -0.05) is 85.9 Å². The summed E-state index contributed by atoms with van der Waals surface area (Å²) < 4.78 is 0. The zero-order valence-corrected chi connectivity index (χ0v) is 18.6. The largest absolute Gasteiger partial charge is 0.356 e. The van der Waals surface area contributed by atoms with Crippen molar-refractivity contribution in [1.82, 2.24) is 0 Å². The lowest BCUT2D eigenvalue weighted by atomic mass is 10.00. The van der Waals surface area contributed by atoms with Gasteiger partial charge in [0.25, 0.3) is 0 Å². The smallest absolute Gasteiger partial charge is 0.123 e. The Morgan fingerprint density at radius 1 is 0.517 bits per heavy atom. The van der Waals surface area contributed by atoms with Gasteiger partial charge in [-0.05, 0) is 55.1 Å². The van der Waals surface area contributed by atoms with E-state index in [2.05, 4.69) is 103 Å². The van der Waals surface area contributed by atoms with Crippen LogP contribution in [-0.2, 0) is 0 Å². The molecule has 0 saturated heterocycles. The number of anilines is 2. The minimum absolute atomic E-state index is 0.673. The number of benzene rings is 4. The van der Waals surface area contributed by atoms with Crippen molar-refractivity contribution in [3.05, 3.63) is 84.9 Å². The predicted molar refractivity (Wildman–Crippen MR) is 129 cm³/mol. The number of hydrogen-bond acceptors (Lipinski definition) is 1. The van der Waals surface area contributed by atoms with E-state index in [1.807, 2.05) is 0 Å². The highest BCUT2D eigenvalue weighted by molar-refractivity contribution is 6.88. The van der Waals surface area contributed by atoms with Crippen molar-refractivity contribution in [2.45, 2.75) is 13.1 Å². The number of fused-ring (bicyclic) bond motifs is 5. The van der Waals surface area contributed by atoms with E-state index in [9.17, 15) is 0 Å². The number of rotatable bonds is 1. The third kappa shape index (κ3) is 2.51. The zero-order chi connectivity index (χ0) is 19.5. The molecule has 0 saturated carbocycles. The molecule has 0 unspecified atom stereocenters. The first kappa shape index (κ1) is 17.0. The molecule has 4 aromatic carbocycles. The Labute approximate surface area is 175 Å². The average molecular weight is 404 g/mol. The summed E-state index contributed by atoms with van der Waals surface area (Å²) in [5, 5.41) is 9.71. The Morgan fingerprint density at radius 3 is 1.97 bits per heavy atom. The van der Waals surface area contributed by atoms with Gasteiger partial charge in [-0.2, -0.15) is 0 Å². The van der Waals surface area contributed by atoms with E-state index < -0.39 is 17.6 Å². The van der Waals surface area contributed by atoms with Crippen LogP contribution in [0, 0.1) is 0 Å². The fourth-order valence-electron chi connectivity index (χ4n) is 4.81. The second kappa shape index (κ2) is 6.31. The van der Waals surface area contributed by atoms with Crippen LogP contribution in [0.5, 0.6) is 0 Å². The maximum absolute atomic E-state index is 3.64. The van der Waals surface area contributed by atoms with Crippen molar-refractivity contribution in [2.75, 3.05) is 5.32 Å². The van der Waals surface area contributed by atoms with Gasteiger partial charge in [-0.25, -0.2) is 0 Å². The molecule has 0 fully saturated rings. The van der Waals surface area contributed by atoms with Crippen LogP contribution in [0.4, 0.5) is 11.4 Å². The third-order valence-electron chi connectivity index (χ3n) is 6.40. The molecule has 0 atom stereocenters. The highest BCUT2D eigenvalue weighted by Crippen LogP contribution is 2.29. The molecule has 0 spiro atoms. The Kier molecular flexibility index (Phi) is 3.70. The molecule has 2 radical (unpaired) electrons. The molecule has 1 nitrogen and oxygen atoms in total. The van der Waals surface area contributed by atoms with Gasteiger partial charge in [-0.3, -0.25) is 0 Å². The van der Waals surface area contributed by atoms with Crippen molar-refractivity contribution < 1.29 is 0 Å². The van der Waals surface area contributed by atoms with Crippen LogP contribution in [-0.4, -0.2) is 17.6 Å². The molecule has 0 amide bonds. The molecule has 6 rings (SSSR count). The van der Waals surface area contributed by atoms with Gasteiger partial charge < -0.3 is 5.32 Å². The fraction of sp³-hybridized carbons (Fsp3) is 0.0769. The zero-order valence-electron chi connectivity index (χ0n) is 16.6. The SMILES string of the molecule is C[Si]1c2ccccc2Nc2ccc(-c3ccc4c(c3)[Si](C)c3ccccc3-4)cc21. The molecule has 29 heavy (non-hydrogen) atoms. The molecular formula is C26H21NSi2. The van der Waals surface area contributed by atoms with Crippen molar-refractivity contribution >= 4 is 49.7 Å². The van der Waals surface area contributed by atoms with Gasteiger partial charge in [0.05, 0.1) is 0 Å². The lowest BCUT2D eigenvalue weighted by Crippen LogP contribution is -2.45. The summed E-state index contributed by atoms with van der Waals surface area (Å²) in [6.07, 6.45) is 0. The lowest BCUT2D eigenvalue weighted by Gasteiger charge is -2.26. The normalized spacial score (nSPS) is 14.6. The van der Waals surface area contributed by atoms with Gasteiger partial charge in [0.1, 0.15) is 17.6 Å². The summed E-state index contributed by atoms with van der Waals surface area (Å²) in [7, 11) is -1.43. The van der Waals surface area contributed by atoms with E-state index in [4.69, 9.17) is 0 Å². The van der Waals surface area contributed by atoms with Crippen LogP contribution in [0.2, 0.25) is 13.1 Å². The molecule has 2 aliphatic rings. The molecule has 2 heterocycles. The van der Waals surface area contributed by atoms with E-state index in [1.165, 1.54) is 44.0 Å². The van der Waals surface area contributed by atoms with Gasteiger partial charge in [0.2, 0.25) is 0 Å². The van der Waals surface area contributed by atoms with Crippen LogP contribution < -0.4 is 26.1 Å². The maximum Gasteiger partial charge on any atom is 0.123 e. The Bertz CT molecular complexity index is 1280. The first-order valence-electron chi connectivity index (χ1n) is 10.1. The molecule has 4 aromatic rings. The summed E-state index contributed by atoms with van der Waals surface area (Å²) in [5.41, 5.74) is 8.11. The topological polar surface area (TPSA) is 12.0 Å². The summed E-state index contributed by atoms with van der Waals surface area (Å²) >= 11 is 0. The lowest BCUT2D eigenvalue weighted by molar-refractivity contribution is 1.55. The van der Waals surface area contributed by atoms with E-state index in [0.717, 1.165) is 0 Å². The molecule has 2 aliphatic heterocycles. The van der Waals surface area contributed by atoms with Gasteiger partial charge in [0, 0.05) is 11.4 Å². The Hall–Kier alpha value is -2.89. The van der Waals surface area contributed by atoms with E-state index >= 15 is 0 Å². The number of hydrogen-bond donors (Lipinski definition) is 1. The number of para-hydroxylation sites is 1. The van der Waals surface area contributed by atoms with Gasteiger partial charge in [-0.15, -0.1) is 0 Å². The molecule has 0 aromatic heterocycles. The van der Waals surface area contributed by atoms with Crippen molar-refractivity contribution in [3.8, 4) is 22.3 Å². The van der Waals surface area contributed by atoms with Crippen molar-refractivity contribution in [2.24, 2.45) is 0 Å². The Balaban J connectivity index is 1.43. The highest BCUT2D eigenvalue weighted by atomic mass is 28.3. The van der Waals surface area contributed by atoms with E-state index in [1.54, 1.807) is 10.4 Å². The second-order valence-corrected chi connectivity index (χ2v) is 12.6. The molecule has 138 valence electrons. The van der Waals surface area contributed by atoms with Crippen molar-refractivity contribution in [1.29, 1.82) is 0 Å². The predicted octanol–water partition coefficient (Wildman–Crippen LogP) is 3.87. The summed E-state index contributed by atoms with van der Waals surface area (Å²) in [6, 6.07) is 31.8. The molecule has 3 heteroatoms. The van der Waals surface area contributed by atoms with Crippen LogP contribution >= 0.6 is 0 Å². The number of nitrogens with one attached hydrogen (secondary N) is 1. The highest BCUT2D eigenvalue weighted by Gasteiger charge is 2.27. The van der Waals surface area contributed by atoms with Crippen LogP contribution in [0.3, 0.4) is 0 Å². The Morgan fingerprint density at radius 2 is 1.10 bits per heavy atom. The third-order valence-corrected chi connectivity index (χ3v) is 11.3. The van der Waals surface area contributed by atoms with Crippen LogP contribution in [0.25, 0.3) is 22.3 Å². The standard InChI is InChI=1S/C26H21NSi2/c1-28-23-9-5-3-7-19(23)20-13-11-17(15-25(20)28)18-12-14-22-26(16-18)29(2)24-10-6-4-8-21(24)27-22/h3-16,27H,1-2H3. The first-order chi connectivity index (χ1) is 14.2. The minimum atomic E-state index is -0.757. The summed E-state index contributed by atoms with van der Waals surface area (Å²) in [5.74, 6) is 0. The second-order valence-electron chi connectivity index (χ2n) is 7.99. The average Bonchev–Trinajstić information content (AvgIpc) is 3.06. The quantitative estimate of drug-likeness (QED) is 0.476. The van der Waals surface area contributed by atoms with Crippen LogP contribution in [0.15, 0.2) is 84.9 Å². The van der Waals surface area contributed by atoms with Gasteiger partial charge >= 0.3 is 0 Å². The fourth-order valence-corrected chi connectivity index (χ4v) is 9.17. The monoisotopic (exact) mass is 403 g/mol. The van der Waals surface area contributed by atoms with Gasteiger partial charge in [0.15, 0.2) is 0 Å². The van der Waals surface area contributed by atoms with Crippen LogP contribution in [0.1, 0.15) is 0 Å². The maximum atomic E-state index is 3.64. The molecule has 1 N–H and O–H groups in total. The molecule has 0 bridgehead atoms. The summed E-state index contributed by atoms with van der Waals surface area (Å²) in [6.45, 7) is 4.85. The van der Waals surface area contributed by atoms with E-state index in [-0.39, 0.29) is 0 Å². The minimum Gasteiger partial charge on any atom is -0.356 e. The summed E-state index contributed by atoms with van der Waals surface area (Å²) in [4.78, 5) is 0. The first-order valence-corrected chi connectivity index (χ1v) is 14.1. The van der Waals surface area contributed by atoms with Crippen molar-refractivity contribution in [3.63, 3.8) is 0 Å². The molecule has 0 aliphatic carbocycles. The van der Waals surface area contributed by atoms with E-state index in [0.29, 0.717) is 0 Å².